The zero-order valence-electron chi connectivity index (χ0n) is 18.4. The molecule has 3 atom stereocenters. The van der Waals surface area contributed by atoms with Crippen LogP contribution in [0.4, 0.5) is 14.5 Å². The Labute approximate surface area is 194 Å². The number of rotatable bonds is 5. The van der Waals surface area contributed by atoms with Crippen molar-refractivity contribution in [1.82, 2.24) is 19.9 Å². The maximum Gasteiger partial charge on any atom is 0.238 e. The van der Waals surface area contributed by atoms with Gasteiger partial charge in [0.2, 0.25) is 5.88 Å². The zero-order chi connectivity index (χ0) is 23.7. The number of aliphatic hydroxyl groups is 1. The molecule has 2 aromatic heterocycles. The lowest BCUT2D eigenvalue weighted by Crippen LogP contribution is -2.36. The Morgan fingerprint density at radius 2 is 1.91 bits per heavy atom. The SMILES string of the molecule is COc1nccnc1C(O)C1=CC(c2ncnc3cc(N4CCOCC4)ccc23)C(F)C=C1F. The number of hydrogen-bond donors (Lipinski definition) is 1. The number of ether oxygens (including phenoxy) is 2. The number of hydrogen-bond acceptors (Lipinski definition) is 8. The van der Waals surface area contributed by atoms with Gasteiger partial charge in [0.05, 0.1) is 37.5 Å². The van der Waals surface area contributed by atoms with E-state index >= 15 is 4.39 Å². The fraction of sp³-hybridized carbons (Fsp3) is 0.333. The van der Waals surface area contributed by atoms with E-state index in [0.29, 0.717) is 29.8 Å². The number of nitrogens with zero attached hydrogens (tertiary/aromatic N) is 5. The van der Waals surface area contributed by atoms with E-state index in [-0.39, 0.29) is 17.1 Å². The molecule has 1 aliphatic heterocycles. The average Bonchev–Trinajstić information content (AvgIpc) is 2.88. The van der Waals surface area contributed by atoms with Crippen LogP contribution >= 0.6 is 0 Å². The van der Waals surface area contributed by atoms with Crippen molar-refractivity contribution in [2.24, 2.45) is 0 Å². The highest BCUT2D eigenvalue weighted by Gasteiger charge is 2.33. The van der Waals surface area contributed by atoms with Gasteiger partial charge in [0.25, 0.3) is 0 Å². The lowest BCUT2D eigenvalue weighted by atomic mass is 9.86. The predicted octanol–water partition coefficient (Wildman–Crippen LogP) is 3.21. The van der Waals surface area contributed by atoms with Crippen LogP contribution in [0.15, 0.2) is 60.5 Å². The molecule has 1 N–H and O–H groups in total. The van der Waals surface area contributed by atoms with E-state index in [1.54, 1.807) is 0 Å². The number of aliphatic hydroxyl groups excluding tert-OH is 1. The number of morpholine rings is 1. The summed E-state index contributed by atoms with van der Waals surface area (Å²) in [4.78, 5) is 19.0. The van der Waals surface area contributed by atoms with Gasteiger partial charge in [0.1, 0.15) is 30.1 Å². The number of fused-ring (bicyclic) bond motifs is 1. The molecule has 3 aromatic rings. The van der Waals surface area contributed by atoms with Gasteiger partial charge in [-0.05, 0) is 24.3 Å². The molecular weight excluding hydrogens is 444 g/mol. The topological polar surface area (TPSA) is 93.5 Å². The molecular formula is C24H23F2N5O3. The fourth-order valence-electron chi connectivity index (χ4n) is 4.33. The zero-order valence-corrected chi connectivity index (χ0v) is 18.4. The highest BCUT2D eigenvalue weighted by atomic mass is 19.1. The molecule has 1 aromatic carbocycles. The summed E-state index contributed by atoms with van der Waals surface area (Å²) < 4.78 is 40.4. The van der Waals surface area contributed by atoms with Crippen molar-refractivity contribution in [3.63, 3.8) is 0 Å². The molecule has 3 heterocycles. The molecule has 0 radical (unpaired) electrons. The number of allylic oxidation sites excluding steroid dienone is 2. The maximum absolute atomic E-state index is 15.1. The van der Waals surface area contributed by atoms with Crippen LogP contribution in [-0.2, 0) is 4.74 Å². The third-order valence-electron chi connectivity index (χ3n) is 6.06. The lowest BCUT2D eigenvalue weighted by Gasteiger charge is -2.29. The third kappa shape index (κ3) is 4.10. The van der Waals surface area contributed by atoms with Crippen molar-refractivity contribution in [1.29, 1.82) is 0 Å². The second-order valence-electron chi connectivity index (χ2n) is 8.02. The van der Waals surface area contributed by atoms with E-state index in [1.165, 1.54) is 31.9 Å². The van der Waals surface area contributed by atoms with Crippen LogP contribution in [0, 0.1) is 0 Å². The van der Waals surface area contributed by atoms with Crippen molar-refractivity contribution in [2.45, 2.75) is 18.2 Å². The molecule has 176 valence electrons. The minimum absolute atomic E-state index is 0.0403. The molecule has 0 bridgehead atoms. The Hall–Kier alpha value is -3.50. The van der Waals surface area contributed by atoms with E-state index in [4.69, 9.17) is 9.47 Å². The molecule has 34 heavy (non-hydrogen) atoms. The van der Waals surface area contributed by atoms with E-state index in [1.807, 2.05) is 18.2 Å². The second-order valence-corrected chi connectivity index (χ2v) is 8.02. The van der Waals surface area contributed by atoms with Crippen LogP contribution in [0.25, 0.3) is 10.9 Å². The van der Waals surface area contributed by atoms with Crippen molar-refractivity contribution in [3.8, 4) is 5.88 Å². The summed E-state index contributed by atoms with van der Waals surface area (Å²) in [7, 11) is 1.38. The van der Waals surface area contributed by atoms with Gasteiger partial charge in [0.15, 0.2) is 0 Å². The van der Waals surface area contributed by atoms with E-state index in [9.17, 15) is 9.50 Å². The Kier molecular flexibility index (Phi) is 6.16. The number of alkyl halides is 1. The average molecular weight is 467 g/mol. The molecule has 2 aliphatic rings. The van der Waals surface area contributed by atoms with Gasteiger partial charge >= 0.3 is 0 Å². The Morgan fingerprint density at radius 3 is 2.71 bits per heavy atom. The summed E-state index contributed by atoms with van der Waals surface area (Å²) in [6.07, 6.45) is 3.18. The first-order chi connectivity index (χ1) is 16.6. The molecule has 8 nitrogen and oxygen atoms in total. The van der Waals surface area contributed by atoms with Crippen molar-refractivity contribution < 1.29 is 23.4 Å². The van der Waals surface area contributed by atoms with Gasteiger partial charge in [0, 0.05) is 42.1 Å². The van der Waals surface area contributed by atoms with E-state index < -0.39 is 24.0 Å². The van der Waals surface area contributed by atoms with Gasteiger partial charge in [-0.3, -0.25) is 4.98 Å². The number of halogens is 2. The Morgan fingerprint density at radius 1 is 1.12 bits per heavy atom. The monoisotopic (exact) mass is 467 g/mol. The molecule has 10 heteroatoms. The van der Waals surface area contributed by atoms with E-state index in [0.717, 1.165) is 24.9 Å². The molecule has 0 spiro atoms. The number of benzene rings is 1. The van der Waals surface area contributed by atoms with Crippen molar-refractivity contribution in [3.05, 3.63) is 71.9 Å². The highest BCUT2D eigenvalue weighted by molar-refractivity contribution is 5.85. The Bertz CT molecular complexity index is 1260. The number of aromatic nitrogens is 4. The van der Waals surface area contributed by atoms with Gasteiger partial charge in [-0.1, -0.05) is 6.08 Å². The van der Waals surface area contributed by atoms with E-state index in [2.05, 4.69) is 24.8 Å². The Balaban J connectivity index is 1.53. The van der Waals surface area contributed by atoms with Crippen LogP contribution in [0.3, 0.4) is 0 Å². The number of methoxy groups -OCH3 is 1. The van der Waals surface area contributed by atoms with Crippen LogP contribution in [-0.4, -0.2) is 64.6 Å². The quantitative estimate of drug-likeness (QED) is 0.612. The summed E-state index contributed by atoms with van der Waals surface area (Å²) >= 11 is 0. The molecule has 0 saturated carbocycles. The molecule has 3 unspecified atom stereocenters. The van der Waals surface area contributed by atoms with Crippen LogP contribution < -0.4 is 9.64 Å². The molecule has 5 rings (SSSR count). The van der Waals surface area contributed by atoms with Crippen molar-refractivity contribution in [2.75, 3.05) is 38.3 Å². The van der Waals surface area contributed by atoms with Gasteiger partial charge in [-0.25, -0.2) is 23.7 Å². The number of anilines is 1. The first-order valence-corrected chi connectivity index (χ1v) is 10.9. The normalized spacial score (nSPS) is 21.7. The van der Waals surface area contributed by atoms with Crippen molar-refractivity contribution >= 4 is 16.6 Å². The molecule has 0 amide bonds. The first kappa shape index (κ1) is 22.3. The summed E-state index contributed by atoms with van der Waals surface area (Å²) in [6.45, 7) is 2.86. The molecule has 1 saturated heterocycles. The third-order valence-corrected chi connectivity index (χ3v) is 6.06. The summed E-state index contributed by atoms with van der Waals surface area (Å²) in [6, 6.07) is 5.73. The summed E-state index contributed by atoms with van der Waals surface area (Å²) in [5.41, 5.74) is 1.98. The predicted molar refractivity (Wildman–Crippen MR) is 121 cm³/mol. The minimum atomic E-state index is -1.67. The molecule has 1 aliphatic carbocycles. The van der Waals surface area contributed by atoms with Crippen LogP contribution in [0.2, 0.25) is 0 Å². The van der Waals surface area contributed by atoms with Crippen LogP contribution in [0.5, 0.6) is 5.88 Å². The fourth-order valence-corrected chi connectivity index (χ4v) is 4.33. The smallest absolute Gasteiger partial charge is 0.238 e. The second kappa shape index (κ2) is 9.40. The minimum Gasteiger partial charge on any atom is -0.480 e. The standard InChI is InChI=1S/C24H23F2N5O3/c1-33-24-22(27-4-5-28-24)23(32)17-11-16(18(25)12-19(17)26)21-15-3-2-14(10-20(15)29-13-30-21)31-6-8-34-9-7-31/h2-5,10-13,16,18,23,32H,6-9H2,1H3. The van der Waals surface area contributed by atoms with Crippen LogP contribution in [0.1, 0.15) is 23.4 Å². The maximum atomic E-state index is 15.1. The highest BCUT2D eigenvalue weighted by Crippen LogP contribution is 2.40. The lowest BCUT2D eigenvalue weighted by molar-refractivity contribution is 0.122. The van der Waals surface area contributed by atoms with Gasteiger partial charge < -0.3 is 19.5 Å². The molecule has 1 fully saturated rings. The van der Waals surface area contributed by atoms with Gasteiger partial charge in [-0.15, -0.1) is 0 Å². The first-order valence-electron chi connectivity index (χ1n) is 10.9. The summed E-state index contributed by atoms with van der Waals surface area (Å²) in [5, 5.41) is 11.5. The largest absolute Gasteiger partial charge is 0.480 e. The van der Waals surface area contributed by atoms with Gasteiger partial charge in [-0.2, -0.15) is 0 Å². The summed E-state index contributed by atoms with van der Waals surface area (Å²) in [5.74, 6) is -1.73.